The van der Waals surface area contributed by atoms with Gasteiger partial charge in [-0.2, -0.15) is 0 Å². The Hall–Kier alpha value is -2.66. The number of carbonyl (C=O) groups excluding carboxylic acids is 1. The Balaban J connectivity index is 1.60. The fourth-order valence-corrected chi connectivity index (χ4v) is 3.68. The van der Waals surface area contributed by atoms with Crippen molar-refractivity contribution in [2.75, 3.05) is 20.2 Å². The molecule has 1 aliphatic rings. The number of piperidine rings is 1. The molecule has 5 nitrogen and oxygen atoms in total. The third-order valence-corrected chi connectivity index (χ3v) is 5.18. The van der Waals surface area contributed by atoms with Gasteiger partial charge in [-0.1, -0.05) is 48.5 Å². The van der Waals surface area contributed by atoms with Crippen LogP contribution < -0.4 is 5.73 Å². The van der Waals surface area contributed by atoms with Crippen molar-refractivity contribution in [3.8, 4) is 11.1 Å². The number of hydrogen-bond acceptors (Lipinski definition) is 4. The van der Waals surface area contributed by atoms with Crippen molar-refractivity contribution in [3.05, 3.63) is 59.7 Å². The first-order chi connectivity index (χ1) is 13.0. The quantitative estimate of drug-likeness (QED) is 0.467. The van der Waals surface area contributed by atoms with Crippen molar-refractivity contribution >= 4 is 11.8 Å². The molecule has 27 heavy (non-hydrogen) atoms. The van der Waals surface area contributed by atoms with Crippen LogP contribution in [0.3, 0.4) is 0 Å². The van der Waals surface area contributed by atoms with Crippen LogP contribution in [0.4, 0.5) is 0 Å². The van der Waals surface area contributed by atoms with Crippen molar-refractivity contribution in [1.82, 2.24) is 4.90 Å². The second-order valence-corrected chi connectivity index (χ2v) is 7.21. The minimum absolute atomic E-state index is 0.0870. The normalized spacial score (nSPS) is 17.4. The van der Waals surface area contributed by atoms with Gasteiger partial charge in [-0.15, -0.1) is 0 Å². The number of nitrogens with one attached hydrogen (secondary N) is 1. The first-order valence-electron chi connectivity index (χ1n) is 9.38. The number of likely N-dealkylation sites (tertiary alicyclic amines) is 1. The van der Waals surface area contributed by atoms with E-state index in [0.717, 1.165) is 49.2 Å². The number of methoxy groups -OCH3 is 1. The van der Waals surface area contributed by atoms with Crippen LogP contribution in [0.15, 0.2) is 48.5 Å². The average molecular weight is 365 g/mol. The molecule has 5 heteroatoms. The Kier molecular flexibility index (Phi) is 6.24. The van der Waals surface area contributed by atoms with E-state index in [1.165, 1.54) is 12.7 Å². The molecule has 3 rings (SSSR count). The highest BCUT2D eigenvalue weighted by atomic mass is 16.5. The third kappa shape index (κ3) is 5.17. The molecular formula is C22H27N3O2. The van der Waals surface area contributed by atoms with E-state index in [1.807, 2.05) is 24.3 Å². The van der Waals surface area contributed by atoms with Gasteiger partial charge in [-0.05, 0) is 42.0 Å². The number of nitrogens with zero attached hydrogens (tertiary/aromatic N) is 1. The average Bonchev–Trinajstić information content (AvgIpc) is 2.69. The molecule has 1 heterocycles. The lowest BCUT2D eigenvalue weighted by atomic mass is 9.94. The van der Waals surface area contributed by atoms with E-state index in [2.05, 4.69) is 29.2 Å². The Labute approximate surface area is 160 Å². The summed E-state index contributed by atoms with van der Waals surface area (Å²) >= 11 is 0. The standard InChI is InChI=1S/C22H27N3O2/c1-27-21(26)13-17-3-2-12-25(15-17)14-16-4-6-18(7-5-16)19-8-10-20(11-9-19)22(23)24/h4-11,17H,2-3,12-15H2,1H3,(H3,23,24). The zero-order chi connectivity index (χ0) is 19.2. The maximum atomic E-state index is 11.5. The lowest BCUT2D eigenvalue weighted by molar-refractivity contribution is -0.142. The third-order valence-electron chi connectivity index (χ3n) is 5.18. The van der Waals surface area contributed by atoms with Crippen molar-refractivity contribution in [2.24, 2.45) is 11.7 Å². The Bertz CT molecular complexity index is 784. The van der Waals surface area contributed by atoms with E-state index in [1.54, 1.807) is 0 Å². The van der Waals surface area contributed by atoms with Crippen LogP contribution in [0.2, 0.25) is 0 Å². The number of ether oxygens (including phenoxy) is 1. The summed E-state index contributed by atoms with van der Waals surface area (Å²) in [6, 6.07) is 16.3. The van der Waals surface area contributed by atoms with Gasteiger partial charge in [-0.3, -0.25) is 15.1 Å². The molecule has 0 radical (unpaired) electrons. The summed E-state index contributed by atoms with van der Waals surface area (Å²) < 4.78 is 4.81. The Morgan fingerprint density at radius 3 is 2.37 bits per heavy atom. The van der Waals surface area contributed by atoms with E-state index in [9.17, 15) is 4.79 Å². The fraction of sp³-hybridized carbons (Fsp3) is 0.364. The second-order valence-electron chi connectivity index (χ2n) is 7.21. The summed E-state index contributed by atoms with van der Waals surface area (Å²) in [5, 5.41) is 7.47. The van der Waals surface area contributed by atoms with Crippen molar-refractivity contribution in [1.29, 1.82) is 5.41 Å². The minimum Gasteiger partial charge on any atom is -0.469 e. The number of amidine groups is 1. The molecule has 2 aromatic rings. The van der Waals surface area contributed by atoms with E-state index in [4.69, 9.17) is 15.9 Å². The number of nitrogen functional groups attached to an aromatic ring is 1. The van der Waals surface area contributed by atoms with Gasteiger partial charge < -0.3 is 10.5 Å². The summed E-state index contributed by atoms with van der Waals surface area (Å²) in [4.78, 5) is 13.9. The first-order valence-corrected chi connectivity index (χ1v) is 9.38. The van der Waals surface area contributed by atoms with Gasteiger partial charge in [-0.25, -0.2) is 0 Å². The molecule has 0 saturated carbocycles. The summed E-state index contributed by atoms with van der Waals surface area (Å²) in [6.45, 7) is 2.93. The molecule has 0 amide bonds. The molecular weight excluding hydrogens is 338 g/mol. The van der Waals surface area contributed by atoms with E-state index in [-0.39, 0.29) is 11.8 Å². The SMILES string of the molecule is COC(=O)CC1CCCN(Cc2ccc(-c3ccc(C(=N)N)cc3)cc2)C1. The van der Waals surface area contributed by atoms with Gasteiger partial charge in [0, 0.05) is 25.1 Å². The van der Waals surface area contributed by atoms with Gasteiger partial charge >= 0.3 is 5.97 Å². The monoisotopic (exact) mass is 365 g/mol. The predicted octanol–water partition coefficient (Wildman–Crippen LogP) is 3.41. The molecule has 3 N–H and O–H groups in total. The van der Waals surface area contributed by atoms with Crippen LogP contribution in [0.5, 0.6) is 0 Å². The number of esters is 1. The predicted molar refractivity (Wildman–Crippen MR) is 108 cm³/mol. The highest BCUT2D eigenvalue weighted by Crippen LogP contribution is 2.24. The summed E-state index contributed by atoms with van der Waals surface area (Å²) in [5.74, 6) is 0.371. The molecule has 142 valence electrons. The van der Waals surface area contributed by atoms with Crippen molar-refractivity contribution < 1.29 is 9.53 Å². The molecule has 1 aliphatic heterocycles. The molecule has 1 unspecified atom stereocenters. The molecule has 1 fully saturated rings. The molecule has 0 bridgehead atoms. The topological polar surface area (TPSA) is 79.4 Å². The van der Waals surface area contributed by atoms with Gasteiger partial charge in [0.25, 0.3) is 0 Å². The van der Waals surface area contributed by atoms with Crippen molar-refractivity contribution in [2.45, 2.75) is 25.8 Å². The van der Waals surface area contributed by atoms with Gasteiger partial charge in [0.05, 0.1) is 7.11 Å². The molecule has 0 aliphatic carbocycles. The molecule has 2 aromatic carbocycles. The zero-order valence-corrected chi connectivity index (χ0v) is 15.8. The maximum Gasteiger partial charge on any atom is 0.305 e. The van der Waals surface area contributed by atoms with Gasteiger partial charge in [0.2, 0.25) is 0 Å². The highest BCUT2D eigenvalue weighted by molar-refractivity contribution is 5.95. The van der Waals surface area contributed by atoms with Crippen LogP contribution in [0.25, 0.3) is 11.1 Å². The highest BCUT2D eigenvalue weighted by Gasteiger charge is 2.22. The van der Waals surface area contributed by atoms with Crippen molar-refractivity contribution in [3.63, 3.8) is 0 Å². The summed E-state index contributed by atoms with van der Waals surface area (Å²) in [7, 11) is 1.46. The lowest BCUT2D eigenvalue weighted by Crippen LogP contribution is -2.35. The Morgan fingerprint density at radius 2 is 1.78 bits per heavy atom. The van der Waals surface area contributed by atoms with E-state index in [0.29, 0.717) is 12.3 Å². The van der Waals surface area contributed by atoms with Gasteiger partial charge in [0.1, 0.15) is 5.84 Å². The zero-order valence-electron chi connectivity index (χ0n) is 15.8. The van der Waals surface area contributed by atoms with Crippen LogP contribution in [0, 0.1) is 11.3 Å². The number of nitrogens with two attached hydrogens (primary N) is 1. The molecule has 1 atom stereocenters. The van der Waals surface area contributed by atoms with Crippen LogP contribution in [-0.2, 0) is 16.1 Å². The maximum absolute atomic E-state index is 11.5. The van der Waals surface area contributed by atoms with E-state index >= 15 is 0 Å². The van der Waals surface area contributed by atoms with E-state index < -0.39 is 0 Å². The lowest BCUT2D eigenvalue weighted by Gasteiger charge is -2.32. The Morgan fingerprint density at radius 1 is 1.15 bits per heavy atom. The number of benzene rings is 2. The number of carbonyl (C=O) groups is 1. The van der Waals surface area contributed by atoms with Crippen LogP contribution in [-0.4, -0.2) is 36.9 Å². The number of rotatable bonds is 6. The number of hydrogen-bond donors (Lipinski definition) is 2. The molecule has 0 aromatic heterocycles. The molecule has 0 spiro atoms. The smallest absolute Gasteiger partial charge is 0.305 e. The second kappa shape index (κ2) is 8.82. The minimum atomic E-state index is -0.109. The van der Waals surface area contributed by atoms with Crippen LogP contribution in [0.1, 0.15) is 30.4 Å². The largest absolute Gasteiger partial charge is 0.469 e. The van der Waals surface area contributed by atoms with Crippen LogP contribution >= 0.6 is 0 Å². The fourth-order valence-electron chi connectivity index (χ4n) is 3.68. The first kappa shape index (κ1) is 19.1. The van der Waals surface area contributed by atoms with Gasteiger partial charge in [0.15, 0.2) is 0 Å². The molecule has 1 saturated heterocycles. The summed E-state index contributed by atoms with van der Waals surface area (Å²) in [6.07, 6.45) is 2.74. The summed E-state index contributed by atoms with van der Waals surface area (Å²) in [5.41, 5.74) is 9.78.